The van der Waals surface area contributed by atoms with Gasteiger partial charge in [0.25, 0.3) is 0 Å². The molecular weight excluding hydrogens is 392 g/mol. The number of hydrogen-bond acceptors (Lipinski definition) is 6. The summed E-state index contributed by atoms with van der Waals surface area (Å²) in [6, 6.07) is 9.95. The highest BCUT2D eigenvalue weighted by atomic mass is 35.5. The van der Waals surface area contributed by atoms with Crippen LogP contribution in [-0.2, 0) is 21.2 Å². The van der Waals surface area contributed by atoms with Crippen molar-refractivity contribution in [3.05, 3.63) is 74.6 Å². The zero-order valence-corrected chi connectivity index (χ0v) is 16.1. The normalized spacial score (nSPS) is 11.5. The third-order valence-electron chi connectivity index (χ3n) is 3.99. The fraction of sp³-hybridized carbons (Fsp3) is 0.158. The summed E-state index contributed by atoms with van der Waals surface area (Å²) in [5.41, 5.74) is 1.21. The molecule has 0 fully saturated rings. The van der Waals surface area contributed by atoms with Gasteiger partial charge < -0.3 is 9.15 Å². The number of rotatable bonds is 4. The highest BCUT2D eigenvalue weighted by molar-refractivity contribution is 7.90. The summed E-state index contributed by atoms with van der Waals surface area (Å²) in [6.07, 6.45) is 1.08. The van der Waals surface area contributed by atoms with Crippen LogP contribution in [0.4, 0.5) is 0 Å². The van der Waals surface area contributed by atoms with Gasteiger partial charge in [0, 0.05) is 28.3 Å². The summed E-state index contributed by atoms with van der Waals surface area (Å²) in [4.78, 5) is 24.1. The first kappa shape index (κ1) is 19.1. The van der Waals surface area contributed by atoms with Crippen LogP contribution in [0.15, 0.2) is 56.6 Å². The van der Waals surface area contributed by atoms with Crippen LogP contribution < -0.4 is 5.63 Å². The van der Waals surface area contributed by atoms with Crippen molar-refractivity contribution < 1.29 is 22.4 Å². The number of hydrogen-bond donors (Lipinski definition) is 0. The molecule has 0 bridgehead atoms. The highest BCUT2D eigenvalue weighted by Crippen LogP contribution is 2.25. The molecule has 0 N–H and O–H groups in total. The number of esters is 1. The maximum Gasteiger partial charge on any atom is 0.338 e. The third-order valence-corrected chi connectivity index (χ3v) is 5.52. The Morgan fingerprint density at radius 3 is 2.44 bits per heavy atom. The number of benzene rings is 2. The SMILES string of the molecule is Cc1cc2oc(=O)cc(COC(=O)c3ccc(S(C)(=O)=O)cc3)c2cc1Cl. The maximum atomic E-state index is 12.2. The van der Waals surface area contributed by atoms with Crippen molar-refractivity contribution in [2.75, 3.05) is 6.26 Å². The van der Waals surface area contributed by atoms with Crippen molar-refractivity contribution in [3.63, 3.8) is 0 Å². The molecule has 0 saturated carbocycles. The van der Waals surface area contributed by atoms with Crippen LogP contribution >= 0.6 is 11.6 Å². The molecule has 2 aromatic carbocycles. The number of aryl methyl sites for hydroxylation is 1. The Bertz CT molecular complexity index is 1190. The van der Waals surface area contributed by atoms with E-state index in [4.69, 9.17) is 20.8 Å². The van der Waals surface area contributed by atoms with Crippen LogP contribution in [-0.4, -0.2) is 20.6 Å². The molecule has 0 spiro atoms. The van der Waals surface area contributed by atoms with E-state index in [-0.39, 0.29) is 17.1 Å². The molecule has 0 aliphatic heterocycles. The monoisotopic (exact) mass is 406 g/mol. The lowest BCUT2D eigenvalue weighted by atomic mass is 10.1. The summed E-state index contributed by atoms with van der Waals surface area (Å²) >= 11 is 6.13. The maximum absolute atomic E-state index is 12.2. The average Bonchev–Trinajstić information content (AvgIpc) is 2.60. The molecule has 6 nitrogen and oxygen atoms in total. The molecule has 8 heteroatoms. The Morgan fingerprint density at radius 2 is 1.81 bits per heavy atom. The van der Waals surface area contributed by atoms with Gasteiger partial charge in [-0.05, 0) is 48.9 Å². The number of sulfone groups is 1. The number of fused-ring (bicyclic) bond motifs is 1. The quantitative estimate of drug-likeness (QED) is 0.486. The van der Waals surface area contributed by atoms with Crippen LogP contribution in [0, 0.1) is 6.92 Å². The second-order valence-electron chi connectivity index (χ2n) is 6.06. The first-order valence-corrected chi connectivity index (χ1v) is 10.1. The van der Waals surface area contributed by atoms with Gasteiger partial charge in [0.15, 0.2) is 9.84 Å². The highest BCUT2D eigenvalue weighted by Gasteiger charge is 2.13. The smallest absolute Gasteiger partial charge is 0.338 e. The van der Waals surface area contributed by atoms with Crippen molar-refractivity contribution in [1.82, 2.24) is 0 Å². The first-order chi connectivity index (χ1) is 12.6. The Balaban J connectivity index is 1.85. The Kier molecular flexibility index (Phi) is 5.08. The van der Waals surface area contributed by atoms with Gasteiger partial charge >= 0.3 is 11.6 Å². The van der Waals surface area contributed by atoms with Crippen LogP contribution in [0.25, 0.3) is 11.0 Å². The number of carbonyl (C=O) groups is 1. The number of halogens is 1. The van der Waals surface area contributed by atoms with E-state index >= 15 is 0 Å². The van der Waals surface area contributed by atoms with Crippen molar-refractivity contribution in [2.45, 2.75) is 18.4 Å². The average molecular weight is 407 g/mol. The third kappa shape index (κ3) is 4.20. The van der Waals surface area contributed by atoms with Gasteiger partial charge in [-0.2, -0.15) is 0 Å². The van der Waals surface area contributed by atoms with E-state index < -0.39 is 21.4 Å². The van der Waals surface area contributed by atoms with Gasteiger partial charge in [0.1, 0.15) is 12.2 Å². The molecule has 140 valence electrons. The molecule has 0 amide bonds. The largest absolute Gasteiger partial charge is 0.457 e. The van der Waals surface area contributed by atoms with Crippen LogP contribution in [0.2, 0.25) is 5.02 Å². The molecule has 0 saturated heterocycles. The minimum Gasteiger partial charge on any atom is -0.457 e. The van der Waals surface area contributed by atoms with E-state index in [9.17, 15) is 18.0 Å². The molecular formula is C19H15ClO6S. The summed E-state index contributed by atoms with van der Waals surface area (Å²) in [5.74, 6) is -0.644. The fourth-order valence-electron chi connectivity index (χ4n) is 2.53. The molecule has 1 aromatic heterocycles. The second-order valence-corrected chi connectivity index (χ2v) is 8.48. The van der Waals surface area contributed by atoms with E-state index in [0.29, 0.717) is 21.6 Å². The summed E-state index contributed by atoms with van der Waals surface area (Å²) in [7, 11) is -3.35. The van der Waals surface area contributed by atoms with Gasteiger partial charge in [-0.1, -0.05) is 11.6 Å². The van der Waals surface area contributed by atoms with Gasteiger partial charge in [-0.15, -0.1) is 0 Å². The first-order valence-electron chi connectivity index (χ1n) is 7.85. The molecule has 3 rings (SSSR count). The molecule has 1 heterocycles. The van der Waals surface area contributed by atoms with Crippen LogP contribution in [0.1, 0.15) is 21.5 Å². The molecule has 0 atom stereocenters. The minimum absolute atomic E-state index is 0.107. The van der Waals surface area contributed by atoms with Crippen molar-refractivity contribution in [3.8, 4) is 0 Å². The minimum atomic E-state index is -3.35. The zero-order chi connectivity index (χ0) is 19.8. The van der Waals surface area contributed by atoms with E-state index in [1.165, 1.54) is 30.3 Å². The molecule has 0 radical (unpaired) electrons. The lowest BCUT2D eigenvalue weighted by molar-refractivity contribution is 0.0473. The molecule has 3 aromatic rings. The summed E-state index contributed by atoms with van der Waals surface area (Å²) in [5, 5.41) is 1.07. The van der Waals surface area contributed by atoms with E-state index in [1.807, 2.05) is 0 Å². The van der Waals surface area contributed by atoms with Gasteiger partial charge in [0.2, 0.25) is 0 Å². The van der Waals surface area contributed by atoms with E-state index in [0.717, 1.165) is 11.8 Å². The van der Waals surface area contributed by atoms with E-state index in [1.54, 1.807) is 19.1 Å². The van der Waals surface area contributed by atoms with Crippen molar-refractivity contribution >= 4 is 38.4 Å². The lowest BCUT2D eigenvalue weighted by Gasteiger charge is -2.09. The molecule has 0 unspecified atom stereocenters. The van der Waals surface area contributed by atoms with Gasteiger partial charge in [0.05, 0.1) is 10.5 Å². The fourth-order valence-corrected chi connectivity index (χ4v) is 3.33. The van der Waals surface area contributed by atoms with Crippen LogP contribution in [0.3, 0.4) is 0 Å². The standard InChI is InChI=1S/C19H15ClO6S/c1-11-7-17-15(9-16(11)20)13(8-18(21)26-17)10-25-19(22)12-3-5-14(6-4-12)27(2,23)24/h3-9H,10H2,1-2H3. The number of carbonyl (C=O) groups excluding carboxylic acids is 1. The van der Waals surface area contributed by atoms with Crippen molar-refractivity contribution in [2.24, 2.45) is 0 Å². The summed E-state index contributed by atoms with van der Waals surface area (Å²) in [6.45, 7) is 1.63. The zero-order valence-electron chi connectivity index (χ0n) is 14.5. The van der Waals surface area contributed by atoms with E-state index in [2.05, 4.69) is 0 Å². The lowest BCUT2D eigenvalue weighted by Crippen LogP contribution is -2.08. The Labute approximate surface area is 160 Å². The summed E-state index contributed by atoms with van der Waals surface area (Å²) < 4.78 is 33.4. The Morgan fingerprint density at radius 1 is 1.15 bits per heavy atom. The molecule has 27 heavy (non-hydrogen) atoms. The molecule has 0 aliphatic carbocycles. The predicted octanol–water partition coefficient (Wildman–Crippen LogP) is 3.52. The van der Waals surface area contributed by atoms with Gasteiger partial charge in [-0.3, -0.25) is 0 Å². The second kappa shape index (κ2) is 7.17. The predicted molar refractivity (Wildman–Crippen MR) is 101 cm³/mol. The number of ether oxygens (including phenoxy) is 1. The van der Waals surface area contributed by atoms with Crippen LogP contribution in [0.5, 0.6) is 0 Å². The molecule has 0 aliphatic rings. The van der Waals surface area contributed by atoms with Gasteiger partial charge in [-0.25, -0.2) is 18.0 Å². The Hall–Kier alpha value is -2.64. The van der Waals surface area contributed by atoms with Crippen molar-refractivity contribution in [1.29, 1.82) is 0 Å². The topological polar surface area (TPSA) is 90.7 Å².